The number of likely N-dealkylation sites (N-methyl/N-ethyl adjacent to an activating group) is 1. The van der Waals surface area contributed by atoms with E-state index in [9.17, 15) is 0 Å². The van der Waals surface area contributed by atoms with Crippen LogP contribution in [0.15, 0.2) is 122 Å². The summed E-state index contributed by atoms with van der Waals surface area (Å²) in [4.78, 5) is 4.95. The highest BCUT2D eigenvalue weighted by Gasteiger charge is 2.69. The van der Waals surface area contributed by atoms with Crippen LogP contribution in [0.5, 0.6) is 0 Å². The molecule has 0 radical (unpaired) electrons. The van der Waals surface area contributed by atoms with Crippen LogP contribution in [0.4, 0.5) is 5.69 Å². The van der Waals surface area contributed by atoms with Crippen LogP contribution in [-0.2, 0) is 12.5 Å². The fraction of sp³-hybridized carbons (Fsp3) is 0.125. The molecular formula is C40H30N5+. The summed E-state index contributed by atoms with van der Waals surface area (Å²) in [5.41, 5.74) is 15.2. The second-order valence-electron chi connectivity index (χ2n) is 13.0. The Kier molecular flexibility index (Phi) is 4.10. The third-order valence-corrected chi connectivity index (χ3v) is 11.0. The maximum Gasteiger partial charge on any atom is 0.282 e. The first-order valence-electron chi connectivity index (χ1n) is 15.8. The number of hydrogen-bond acceptors (Lipinski definition) is 2. The van der Waals surface area contributed by atoms with E-state index in [1.165, 1.54) is 83.9 Å². The fourth-order valence-electron chi connectivity index (χ4n) is 9.54. The fourth-order valence-corrected chi connectivity index (χ4v) is 9.54. The molecule has 2 unspecified atom stereocenters. The standard InChI is InChI=1S/C40H30N5/c1-24-36(27-18-16-26(17-19-27)25-10-5-4-6-11-25)42(3)39-40-34-32(44(24)39)14-9-15-33(34)45-30-13-8-7-12-28(30)29-20-21-31(35(40)37(29)45)43-23-22-41(2)38(40)43/h4-23,38H,1-3H3/q+1. The summed E-state index contributed by atoms with van der Waals surface area (Å²) in [5, 5.41) is 2.64. The summed E-state index contributed by atoms with van der Waals surface area (Å²) in [7, 11) is 4.53. The molecule has 0 saturated carbocycles. The average molecular weight is 581 g/mol. The first kappa shape index (κ1) is 23.9. The Morgan fingerprint density at radius 3 is 2.16 bits per heavy atom. The maximum absolute atomic E-state index is 2.58. The lowest BCUT2D eigenvalue weighted by Gasteiger charge is -2.38. The molecule has 2 atom stereocenters. The van der Waals surface area contributed by atoms with E-state index in [1.54, 1.807) is 0 Å². The van der Waals surface area contributed by atoms with Crippen LogP contribution < -0.4 is 9.47 Å². The van der Waals surface area contributed by atoms with Gasteiger partial charge in [-0.1, -0.05) is 72.8 Å². The molecule has 5 nitrogen and oxygen atoms in total. The van der Waals surface area contributed by atoms with Gasteiger partial charge < -0.3 is 14.4 Å². The molecule has 45 heavy (non-hydrogen) atoms. The molecule has 11 rings (SSSR count). The molecule has 0 saturated heterocycles. The number of nitrogens with zero attached hydrogens (tertiary/aromatic N) is 5. The Hall–Kier alpha value is -5.55. The monoisotopic (exact) mass is 580 g/mol. The van der Waals surface area contributed by atoms with E-state index < -0.39 is 0 Å². The number of anilines is 1. The van der Waals surface area contributed by atoms with Gasteiger partial charge in [0.1, 0.15) is 11.9 Å². The van der Waals surface area contributed by atoms with Gasteiger partial charge in [-0.05, 0) is 47.5 Å². The van der Waals surface area contributed by atoms with Gasteiger partial charge in [-0.15, -0.1) is 0 Å². The van der Waals surface area contributed by atoms with E-state index in [1.807, 2.05) is 0 Å². The van der Waals surface area contributed by atoms with E-state index in [4.69, 9.17) is 0 Å². The van der Waals surface area contributed by atoms with Gasteiger partial charge in [-0.3, -0.25) is 0 Å². The quantitative estimate of drug-likeness (QED) is 0.197. The van der Waals surface area contributed by atoms with Crippen LogP contribution in [0.1, 0.15) is 22.6 Å². The van der Waals surface area contributed by atoms with Crippen molar-refractivity contribution in [3.63, 3.8) is 0 Å². The first-order valence-corrected chi connectivity index (χ1v) is 15.8. The summed E-state index contributed by atoms with van der Waals surface area (Å²) >= 11 is 0. The van der Waals surface area contributed by atoms with E-state index in [-0.39, 0.29) is 11.6 Å². The molecule has 6 heterocycles. The summed E-state index contributed by atoms with van der Waals surface area (Å²) in [6, 6.07) is 40.3. The largest absolute Gasteiger partial charge is 0.357 e. The van der Waals surface area contributed by atoms with Crippen molar-refractivity contribution in [1.82, 2.24) is 14.0 Å². The predicted octanol–water partition coefficient (Wildman–Crippen LogP) is 7.57. The number of hydrogen-bond donors (Lipinski definition) is 0. The van der Waals surface area contributed by atoms with Crippen molar-refractivity contribution in [1.29, 1.82) is 0 Å². The lowest BCUT2D eigenvalue weighted by atomic mass is 9.70. The Morgan fingerprint density at radius 1 is 0.622 bits per heavy atom. The highest BCUT2D eigenvalue weighted by Crippen LogP contribution is 2.65. The van der Waals surface area contributed by atoms with E-state index in [2.05, 4.69) is 166 Å². The van der Waals surface area contributed by atoms with Crippen LogP contribution in [-0.4, -0.2) is 27.2 Å². The number of fused-ring (bicyclic) bond motifs is 8. The molecule has 1 spiro atoms. The van der Waals surface area contributed by atoms with Crippen molar-refractivity contribution in [2.24, 2.45) is 7.05 Å². The number of aromatic nitrogens is 3. The Balaban J connectivity index is 1.27. The molecule has 4 aliphatic rings. The highest BCUT2D eigenvalue weighted by atomic mass is 15.4. The smallest absolute Gasteiger partial charge is 0.282 e. The molecule has 0 amide bonds. The lowest BCUT2D eigenvalue weighted by Crippen LogP contribution is -2.55. The van der Waals surface area contributed by atoms with Gasteiger partial charge in [0, 0.05) is 54.0 Å². The molecule has 4 aliphatic heterocycles. The second kappa shape index (κ2) is 7.74. The predicted molar refractivity (Wildman–Crippen MR) is 180 cm³/mol. The van der Waals surface area contributed by atoms with Crippen molar-refractivity contribution in [2.75, 3.05) is 11.9 Å². The van der Waals surface area contributed by atoms with Gasteiger partial charge >= 0.3 is 0 Å². The third-order valence-electron chi connectivity index (χ3n) is 11.0. The van der Waals surface area contributed by atoms with Gasteiger partial charge in [0.25, 0.3) is 5.82 Å². The van der Waals surface area contributed by atoms with Crippen molar-refractivity contribution < 1.29 is 4.57 Å². The van der Waals surface area contributed by atoms with Crippen LogP contribution in [0.3, 0.4) is 0 Å². The molecule has 5 aromatic carbocycles. The summed E-state index contributed by atoms with van der Waals surface area (Å²) in [6.07, 6.45) is 4.63. The molecule has 0 aliphatic carbocycles. The van der Waals surface area contributed by atoms with Crippen LogP contribution in [0.25, 0.3) is 55.6 Å². The van der Waals surface area contributed by atoms with Crippen molar-refractivity contribution in [2.45, 2.75) is 18.5 Å². The summed E-state index contributed by atoms with van der Waals surface area (Å²) in [5.74, 6) is 1.33. The Bertz CT molecular complexity index is 2480. The van der Waals surface area contributed by atoms with Gasteiger partial charge in [-0.25, -0.2) is 4.57 Å². The molecule has 7 aromatic rings. The number of para-hydroxylation sites is 1. The van der Waals surface area contributed by atoms with Gasteiger partial charge in [-0.2, -0.15) is 4.57 Å². The van der Waals surface area contributed by atoms with E-state index >= 15 is 0 Å². The molecule has 2 aromatic heterocycles. The number of imidazole rings is 1. The number of rotatable bonds is 2. The second-order valence-corrected chi connectivity index (χ2v) is 13.0. The normalized spacial score (nSPS) is 19.6. The Morgan fingerprint density at radius 2 is 1.33 bits per heavy atom. The first-order chi connectivity index (χ1) is 22.1. The van der Waals surface area contributed by atoms with E-state index in [0.29, 0.717) is 0 Å². The zero-order valence-electron chi connectivity index (χ0n) is 25.4. The minimum atomic E-state index is -0.384. The maximum atomic E-state index is 2.58. The van der Waals surface area contributed by atoms with Crippen molar-refractivity contribution in [3.05, 3.63) is 144 Å². The molecule has 0 bridgehead atoms. The lowest BCUT2D eigenvalue weighted by molar-refractivity contribution is -0.670. The summed E-state index contributed by atoms with van der Waals surface area (Å²) in [6.45, 7) is 2.30. The molecule has 0 fully saturated rings. The third kappa shape index (κ3) is 2.48. The molecule has 214 valence electrons. The average Bonchev–Trinajstić information content (AvgIpc) is 3.84. The molecular weight excluding hydrogens is 550 g/mol. The van der Waals surface area contributed by atoms with E-state index in [0.717, 1.165) is 0 Å². The number of benzene rings is 5. The van der Waals surface area contributed by atoms with Crippen LogP contribution >= 0.6 is 0 Å². The molecule has 0 N–H and O–H groups in total. The van der Waals surface area contributed by atoms with Crippen LogP contribution in [0.2, 0.25) is 0 Å². The van der Waals surface area contributed by atoms with Gasteiger partial charge in [0.2, 0.25) is 0 Å². The highest BCUT2D eigenvalue weighted by molar-refractivity contribution is 6.14. The minimum absolute atomic E-state index is 0.0971. The minimum Gasteiger partial charge on any atom is -0.357 e. The SMILES string of the molecule is Cc1c(-c2ccc(-c3ccccc3)cc2)[n+](C)c2n1-c1cccc3c1C21c2c(ccc4c5ccccc5n-3c24)N2C=CN(C)C21. The molecule has 5 heteroatoms. The van der Waals surface area contributed by atoms with Crippen molar-refractivity contribution in [3.8, 4) is 33.8 Å². The zero-order chi connectivity index (χ0) is 29.8. The van der Waals surface area contributed by atoms with Gasteiger partial charge in [0.05, 0.1) is 29.3 Å². The topological polar surface area (TPSA) is 20.2 Å². The van der Waals surface area contributed by atoms with Gasteiger partial charge in [0.15, 0.2) is 16.8 Å². The Labute approximate surface area is 261 Å². The summed E-state index contributed by atoms with van der Waals surface area (Å²) < 4.78 is 7.64. The van der Waals surface area contributed by atoms with Crippen LogP contribution in [0, 0.1) is 6.92 Å². The zero-order valence-corrected chi connectivity index (χ0v) is 25.4. The van der Waals surface area contributed by atoms with Crippen molar-refractivity contribution >= 4 is 27.5 Å².